The van der Waals surface area contributed by atoms with Crippen molar-refractivity contribution in [3.63, 3.8) is 0 Å². The van der Waals surface area contributed by atoms with Crippen LogP contribution in [0.2, 0.25) is 0 Å². The van der Waals surface area contributed by atoms with Crippen molar-refractivity contribution >= 4 is 0 Å². The van der Waals surface area contributed by atoms with Crippen molar-refractivity contribution in [3.05, 3.63) is 64.2 Å². The fourth-order valence-electron chi connectivity index (χ4n) is 2.65. The molecule has 0 saturated heterocycles. The van der Waals surface area contributed by atoms with Crippen LogP contribution in [-0.2, 0) is 0 Å². The van der Waals surface area contributed by atoms with Crippen molar-refractivity contribution in [2.75, 3.05) is 6.61 Å². The molecular formula is C18H24N2O. The van der Waals surface area contributed by atoms with Gasteiger partial charge in [-0.25, -0.2) is 5.43 Å². The molecule has 3 nitrogen and oxygen atoms in total. The van der Waals surface area contributed by atoms with Crippen LogP contribution in [0.4, 0.5) is 0 Å². The van der Waals surface area contributed by atoms with Crippen molar-refractivity contribution in [2.24, 2.45) is 5.84 Å². The average Bonchev–Trinajstić information content (AvgIpc) is 2.47. The molecule has 3 N–H and O–H groups in total. The third-order valence-electron chi connectivity index (χ3n) is 3.89. The standard InChI is InChI=1S/C18H24N2O/c1-5-21-17-9-7-6-8-15(17)18(20-19)16-11-13(3)12(2)10-14(16)4/h6-11,18,20H,5,19H2,1-4H3. The Hall–Kier alpha value is -1.84. The fourth-order valence-corrected chi connectivity index (χ4v) is 2.65. The second kappa shape index (κ2) is 6.74. The summed E-state index contributed by atoms with van der Waals surface area (Å²) in [6.45, 7) is 9.00. The Kier molecular flexibility index (Phi) is 4.99. The van der Waals surface area contributed by atoms with Crippen LogP contribution in [0.5, 0.6) is 5.75 Å². The number of aryl methyl sites for hydroxylation is 3. The minimum absolute atomic E-state index is 0.0768. The third kappa shape index (κ3) is 3.26. The molecule has 0 saturated carbocycles. The van der Waals surface area contributed by atoms with Gasteiger partial charge >= 0.3 is 0 Å². The topological polar surface area (TPSA) is 47.3 Å². The minimum Gasteiger partial charge on any atom is -0.494 e. The van der Waals surface area contributed by atoms with E-state index in [2.05, 4.69) is 44.4 Å². The summed E-state index contributed by atoms with van der Waals surface area (Å²) in [6, 6.07) is 12.4. The van der Waals surface area contributed by atoms with Gasteiger partial charge in [0.25, 0.3) is 0 Å². The van der Waals surface area contributed by atoms with E-state index in [0.29, 0.717) is 6.61 Å². The number of hydrogen-bond donors (Lipinski definition) is 2. The van der Waals surface area contributed by atoms with Crippen LogP contribution in [0.1, 0.15) is 40.8 Å². The number of nitrogens with one attached hydrogen (secondary N) is 1. The highest BCUT2D eigenvalue weighted by atomic mass is 16.5. The van der Waals surface area contributed by atoms with E-state index in [9.17, 15) is 0 Å². The summed E-state index contributed by atoms with van der Waals surface area (Å²) in [5.41, 5.74) is 8.99. The lowest BCUT2D eigenvalue weighted by molar-refractivity contribution is 0.333. The Bertz CT molecular complexity index is 623. The third-order valence-corrected chi connectivity index (χ3v) is 3.89. The molecule has 0 amide bonds. The summed E-state index contributed by atoms with van der Waals surface area (Å²) in [6.07, 6.45) is 0. The number of rotatable bonds is 5. The van der Waals surface area contributed by atoms with Gasteiger partial charge in [0, 0.05) is 5.56 Å². The lowest BCUT2D eigenvalue weighted by atomic mass is 9.91. The molecule has 0 aliphatic carbocycles. The van der Waals surface area contributed by atoms with Crippen LogP contribution < -0.4 is 16.0 Å². The van der Waals surface area contributed by atoms with Crippen LogP contribution >= 0.6 is 0 Å². The molecule has 0 spiro atoms. The van der Waals surface area contributed by atoms with E-state index >= 15 is 0 Å². The first-order valence-corrected chi connectivity index (χ1v) is 7.34. The van der Waals surface area contributed by atoms with Gasteiger partial charge < -0.3 is 4.74 Å². The van der Waals surface area contributed by atoms with Crippen molar-refractivity contribution in [2.45, 2.75) is 33.7 Å². The fraction of sp³-hybridized carbons (Fsp3) is 0.333. The summed E-state index contributed by atoms with van der Waals surface area (Å²) < 4.78 is 5.74. The highest BCUT2D eigenvalue weighted by Gasteiger charge is 2.19. The number of ether oxygens (including phenoxy) is 1. The van der Waals surface area contributed by atoms with Crippen molar-refractivity contribution in [1.82, 2.24) is 5.43 Å². The first kappa shape index (κ1) is 15.5. The zero-order chi connectivity index (χ0) is 15.4. The van der Waals surface area contributed by atoms with Gasteiger partial charge in [0.15, 0.2) is 0 Å². The molecule has 0 bridgehead atoms. The van der Waals surface area contributed by atoms with Gasteiger partial charge in [-0.05, 0) is 56.0 Å². The van der Waals surface area contributed by atoms with Crippen molar-refractivity contribution in [3.8, 4) is 5.75 Å². The number of benzene rings is 2. The zero-order valence-corrected chi connectivity index (χ0v) is 13.2. The van der Waals surface area contributed by atoms with Crippen LogP contribution in [0.25, 0.3) is 0 Å². The zero-order valence-electron chi connectivity index (χ0n) is 13.2. The first-order chi connectivity index (χ1) is 10.1. The molecule has 0 aliphatic heterocycles. The molecule has 0 aliphatic rings. The molecule has 2 rings (SSSR count). The van der Waals surface area contributed by atoms with Gasteiger partial charge in [-0.1, -0.05) is 30.3 Å². The molecule has 0 aromatic heterocycles. The number of hydrazine groups is 1. The van der Waals surface area contributed by atoms with Crippen molar-refractivity contribution < 1.29 is 4.74 Å². The van der Waals surface area contributed by atoms with Crippen LogP contribution in [0, 0.1) is 20.8 Å². The average molecular weight is 284 g/mol. The summed E-state index contributed by atoms with van der Waals surface area (Å²) in [4.78, 5) is 0. The molecule has 112 valence electrons. The lowest BCUT2D eigenvalue weighted by Crippen LogP contribution is -2.30. The van der Waals surface area contributed by atoms with Gasteiger partial charge in [0.05, 0.1) is 12.6 Å². The monoisotopic (exact) mass is 284 g/mol. The molecule has 0 radical (unpaired) electrons. The predicted molar refractivity (Wildman–Crippen MR) is 87.4 cm³/mol. The van der Waals surface area contributed by atoms with E-state index < -0.39 is 0 Å². The molecule has 3 heteroatoms. The minimum atomic E-state index is -0.0768. The Balaban J connectivity index is 2.52. The highest BCUT2D eigenvalue weighted by molar-refractivity contribution is 5.46. The van der Waals surface area contributed by atoms with Gasteiger partial charge in [-0.15, -0.1) is 0 Å². The van der Waals surface area contributed by atoms with Gasteiger partial charge in [0.2, 0.25) is 0 Å². The van der Waals surface area contributed by atoms with Crippen LogP contribution in [0.3, 0.4) is 0 Å². The number of nitrogens with two attached hydrogens (primary N) is 1. The van der Waals surface area contributed by atoms with E-state index in [1.54, 1.807) is 0 Å². The Morgan fingerprint density at radius 3 is 2.33 bits per heavy atom. The predicted octanol–water partition coefficient (Wildman–Crippen LogP) is 3.56. The molecule has 2 aromatic rings. The normalized spacial score (nSPS) is 12.2. The van der Waals surface area contributed by atoms with E-state index in [1.165, 1.54) is 22.3 Å². The molecule has 1 atom stereocenters. The first-order valence-electron chi connectivity index (χ1n) is 7.34. The number of para-hydroxylation sites is 1. The van der Waals surface area contributed by atoms with E-state index in [1.807, 2.05) is 25.1 Å². The SMILES string of the molecule is CCOc1ccccc1C(NN)c1cc(C)c(C)cc1C. The van der Waals surface area contributed by atoms with Crippen LogP contribution in [0.15, 0.2) is 36.4 Å². The maximum Gasteiger partial charge on any atom is 0.124 e. The Morgan fingerprint density at radius 1 is 1.00 bits per heavy atom. The summed E-state index contributed by atoms with van der Waals surface area (Å²) in [5.74, 6) is 6.73. The van der Waals surface area contributed by atoms with Crippen LogP contribution in [-0.4, -0.2) is 6.61 Å². The quantitative estimate of drug-likeness (QED) is 0.652. The highest BCUT2D eigenvalue weighted by Crippen LogP contribution is 2.32. The maximum absolute atomic E-state index is 5.85. The van der Waals surface area contributed by atoms with Gasteiger partial charge in [0.1, 0.15) is 5.75 Å². The van der Waals surface area contributed by atoms with Crippen molar-refractivity contribution in [1.29, 1.82) is 0 Å². The smallest absolute Gasteiger partial charge is 0.124 e. The van der Waals surface area contributed by atoms with Gasteiger partial charge in [-0.3, -0.25) is 5.84 Å². The van der Waals surface area contributed by atoms with E-state index in [-0.39, 0.29) is 6.04 Å². The second-order valence-electron chi connectivity index (χ2n) is 5.36. The molecule has 21 heavy (non-hydrogen) atoms. The lowest BCUT2D eigenvalue weighted by Gasteiger charge is -2.22. The van der Waals surface area contributed by atoms with E-state index in [0.717, 1.165) is 11.3 Å². The number of hydrogen-bond acceptors (Lipinski definition) is 3. The molecule has 1 unspecified atom stereocenters. The molecule has 2 aromatic carbocycles. The summed E-state index contributed by atoms with van der Waals surface area (Å²) in [7, 11) is 0. The largest absolute Gasteiger partial charge is 0.494 e. The maximum atomic E-state index is 5.85. The Labute approximate surface area is 127 Å². The molecule has 0 heterocycles. The van der Waals surface area contributed by atoms with E-state index in [4.69, 9.17) is 10.6 Å². The Morgan fingerprint density at radius 2 is 1.67 bits per heavy atom. The summed E-state index contributed by atoms with van der Waals surface area (Å²) in [5, 5.41) is 0. The molecular weight excluding hydrogens is 260 g/mol. The summed E-state index contributed by atoms with van der Waals surface area (Å²) >= 11 is 0. The van der Waals surface area contributed by atoms with Gasteiger partial charge in [-0.2, -0.15) is 0 Å². The molecule has 0 fully saturated rings. The second-order valence-corrected chi connectivity index (χ2v) is 5.36.